The highest BCUT2D eigenvalue weighted by molar-refractivity contribution is 5.82. The number of rotatable bonds is 7. The molecule has 4 nitrogen and oxygen atoms in total. The fourth-order valence-corrected chi connectivity index (χ4v) is 4.03. The molecule has 1 aliphatic heterocycles. The Morgan fingerprint density at radius 2 is 1.96 bits per heavy atom. The van der Waals surface area contributed by atoms with E-state index in [9.17, 15) is 4.79 Å². The van der Waals surface area contributed by atoms with Crippen LogP contribution in [0, 0.1) is 5.92 Å². The van der Waals surface area contributed by atoms with E-state index in [1.54, 1.807) is 0 Å². The molecule has 0 aliphatic carbocycles. The zero-order chi connectivity index (χ0) is 18.5. The number of nitrogens with zero attached hydrogens (tertiary/aromatic N) is 1. The molecule has 0 aromatic heterocycles. The van der Waals surface area contributed by atoms with Gasteiger partial charge in [0.1, 0.15) is 11.9 Å². The van der Waals surface area contributed by atoms with Crippen LogP contribution >= 0.6 is 0 Å². The molecule has 1 heterocycles. The molecule has 0 aromatic carbocycles. The predicted molar refractivity (Wildman–Crippen MR) is 98.7 cm³/mol. The molecular weight excluding hydrogens is 302 g/mol. The zero-order valence-electron chi connectivity index (χ0n) is 16.5. The fraction of sp³-hybridized carbons (Fsp3) is 0.750. The predicted octanol–water partition coefficient (Wildman–Crippen LogP) is 4.31. The molecule has 0 N–H and O–H groups in total. The summed E-state index contributed by atoms with van der Waals surface area (Å²) in [7, 11) is 1.38. The van der Waals surface area contributed by atoms with Gasteiger partial charge in [-0.25, -0.2) is 4.79 Å². The van der Waals surface area contributed by atoms with E-state index in [0.717, 1.165) is 25.8 Å². The quantitative estimate of drug-likeness (QED) is 0.300. The lowest BCUT2D eigenvalue weighted by Gasteiger charge is -2.60. The van der Waals surface area contributed by atoms with Crippen molar-refractivity contribution in [3.8, 4) is 0 Å². The minimum atomic E-state index is -0.374. The second-order valence-electron chi connectivity index (χ2n) is 7.39. The van der Waals surface area contributed by atoms with Crippen molar-refractivity contribution in [2.24, 2.45) is 5.92 Å². The Morgan fingerprint density at radius 3 is 2.42 bits per heavy atom. The first kappa shape index (κ1) is 20.8. The monoisotopic (exact) mass is 337 g/mol. The third-order valence-corrected chi connectivity index (χ3v) is 6.10. The topological polar surface area (TPSA) is 38.8 Å². The second kappa shape index (κ2) is 8.19. The van der Waals surface area contributed by atoms with Gasteiger partial charge in [0.05, 0.1) is 13.2 Å². The summed E-state index contributed by atoms with van der Waals surface area (Å²) < 4.78 is 10.9. The highest BCUT2D eigenvalue weighted by Crippen LogP contribution is 2.46. The summed E-state index contributed by atoms with van der Waals surface area (Å²) in [6.07, 6.45) is 6.51. The van der Waals surface area contributed by atoms with E-state index in [2.05, 4.69) is 46.1 Å². The summed E-state index contributed by atoms with van der Waals surface area (Å²) in [6.45, 7) is 18.0. The maximum absolute atomic E-state index is 11.5. The van der Waals surface area contributed by atoms with Crippen molar-refractivity contribution in [3.63, 3.8) is 0 Å². The summed E-state index contributed by atoms with van der Waals surface area (Å²) in [5.41, 5.74) is 0.0646. The van der Waals surface area contributed by atoms with E-state index in [4.69, 9.17) is 9.47 Å². The number of carbonyl (C=O) groups excluding carboxylic acids is 1. The fourth-order valence-electron chi connectivity index (χ4n) is 4.03. The van der Waals surface area contributed by atoms with Crippen LogP contribution in [-0.4, -0.2) is 41.7 Å². The molecule has 4 atom stereocenters. The van der Waals surface area contributed by atoms with Crippen LogP contribution in [0.4, 0.5) is 0 Å². The largest absolute Gasteiger partial charge is 0.494 e. The highest BCUT2D eigenvalue weighted by atomic mass is 16.5. The number of likely N-dealkylation sites (tertiary alicyclic amines) is 1. The second-order valence-corrected chi connectivity index (χ2v) is 7.39. The number of ether oxygens (including phenoxy) is 2. The molecule has 4 heteroatoms. The number of piperidine rings is 1. The van der Waals surface area contributed by atoms with Crippen molar-refractivity contribution < 1.29 is 14.3 Å². The van der Waals surface area contributed by atoms with Gasteiger partial charge in [-0.15, -0.1) is 6.58 Å². The maximum atomic E-state index is 11.5. The first-order valence-corrected chi connectivity index (χ1v) is 9.00. The summed E-state index contributed by atoms with van der Waals surface area (Å²) in [5, 5.41) is 0. The molecule has 0 amide bonds. The van der Waals surface area contributed by atoms with Gasteiger partial charge < -0.3 is 9.47 Å². The van der Waals surface area contributed by atoms with E-state index >= 15 is 0 Å². The minimum absolute atomic E-state index is 0.0212. The zero-order valence-corrected chi connectivity index (χ0v) is 16.5. The van der Waals surface area contributed by atoms with Crippen molar-refractivity contribution >= 4 is 5.97 Å². The molecule has 0 bridgehead atoms. The Hall–Kier alpha value is -1.29. The molecule has 0 saturated carbocycles. The van der Waals surface area contributed by atoms with Gasteiger partial charge in [0.25, 0.3) is 0 Å². The lowest BCUT2D eigenvalue weighted by Crippen LogP contribution is -2.67. The van der Waals surface area contributed by atoms with Crippen LogP contribution in [0.2, 0.25) is 0 Å². The number of allylic oxidation sites excluding steroid dienone is 1. The molecule has 138 valence electrons. The molecular formula is C20H35NO3. The van der Waals surface area contributed by atoms with Crippen LogP contribution in [0.1, 0.15) is 60.8 Å². The van der Waals surface area contributed by atoms with Crippen LogP contribution in [0.15, 0.2) is 24.5 Å². The van der Waals surface area contributed by atoms with Crippen LogP contribution in [0.25, 0.3) is 0 Å². The van der Waals surface area contributed by atoms with Crippen LogP contribution in [0.3, 0.4) is 0 Å². The van der Waals surface area contributed by atoms with Gasteiger partial charge in [-0.2, -0.15) is 0 Å². The van der Waals surface area contributed by atoms with E-state index in [1.807, 2.05) is 13.0 Å². The Kier molecular flexibility index (Phi) is 7.09. The van der Waals surface area contributed by atoms with Gasteiger partial charge in [-0.3, -0.25) is 4.90 Å². The standard InChI is InChI=1S/C20H35NO3/c1-9-12-21-19(6,10-2)14-17(16(5)20(21,7)11-3)24-15(4)13-18(22)23-8/h9,13,16-17H,1,10-12,14H2,2-8H3. The highest BCUT2D eigenvalue weighted by Gasteiger charge is 2.52. The van der Waals surface area contributed by atoms with Gasteiger partial charge in [-0.05, 0) is 33.6 Å². The van der Waals surface area contributed by atoms with E-state index < -0.39 is 0 Å². The van der Waals surface area contributed by atoms with Gasteiger partial charge in [0.2, 0.25) is 0 Å². The molecule has 0 aromatic rings. The molecule has 24 heavy (non-hydrogen) atoms. The van der Waals surface area contributed by atoms with Crippen LogP contribution < -0.4 is 0 Å². The van der Waals surface area contributed by atoms with Gasteiger partial charge in [0.15, 0.2) is 0 Å². The van der Waals surface area contributed by atoms with Crippen molar-refractivity contribution in [3.05, 3.63) is 24.5 Å². The van der Waals surface area contributed by atoms with Gasteiger partial charge in [0, 0.05) is 30.0 Å². The summed E-state index contributed by atoms with van der Waals surface area (Å²) >= 11 is 0. The third kappa shape index (κ3) is 4.02. The Morgan fingerprint density at radius 1 is 1.33 bits per heavy atom. The van der Waals surface area contributed by atoms with Crippen LogP contribution in [0.5, 0.6) is 0 Å². The summed E-state index contributed by atoms with van der Waals surface area (Å²) in [6, 6.07) is 0. The van der Waals surface area contributed by atoms with Crippen molar-refractivity contribution in [2.45, 2.75) is 78.0 Å². The molecule has 1 fully saturated rings. The first-order chi connectivity index (χ1) is 11.2. The lowest BCUT2D eigenvalue weighted by atomic mass is 9.68. The van der Waals surface area contributed by atoms with E-state index in [1.165, 1.54) is 13.2 Å². The van der Waals surface area contributed by atoms with Crippen molar-refractivity contribution in [2.75, 3.05) is 13.7 Å². The summed E-state index contributed by atoms with van der Waals surface area (Å²) in [4.78, 5) is 14.0. The Labute approximate surface area is 147 Å². The number of hydrogen-bond donors (Lipinski definition) is 0. The molecule has 0 radical (unpaired) electrons. The SMILES string of the molecule is C=CCN1C(C)(CC)CC(OC(C)=CC(=O)OC)C(C)C1(C)CC. The number of hydrogen-bond acceptors (Lipinski definition) is 4. The van der Waals surface area contributed by atoms with Crippen LogP contribution in [-0.2, 0) is 14.3 Å². The number of carbonyl (C=O) groups is 1. The number of esters is 1. The molecule has 1 aliphatic rings. The maximum Gasteiger partial charge on any atom is 0.333 e. The Balaban J connectivity index is 3.15. The van der Waals surface area contributed by atoms with Gasteiger partial charge in [-0.1, -0.05) is 26.8 Å². The average molecular weight is 338 g/mol. The van der Waals surface area contributed by atoms with Gasteiger partial charge >= 0.3 is 5.97 Å². The number of methoxy groups -OCH3 is 1. The normalized spacial score (nSPS) is 34.7. The average Bonchev–Trinajstić information content (AvgIpc) is 2.56. The smallest absolute Gasteiger partial charge is 0.333 e. The molecule has 1 saturated heterocycles. The molecule has 4 unspecified atom stereocenters. The van der Waals surface area contributed by atoms with Crippen molar-refractivity contribution in [1.29, 1.82) is 0 Å². The van der Waals surface area contributed by atoms with Crippen molar-refractivity contribution in [1.82, 2.24) is 4.90 Å². The van der Waals surface area contributed by atoms with E-state index in [-0.39, 0.29) is 23.2 Å². The third-order valence-electron chi connectivity index (χ3n) is 6.10. The first-order valence-electron chi connectivity index (χ1n) is 9.00. The van der Waals surface area contributed by atoms with E-state index in [0.29, 0.717) is 11.7 Å². The summed E-state index contributed by atoms with van der Waals surface area (Å²) in [5.74, 6) is 0.580. The Bertz CT molecular complexity index is 487. The molecule has 1 rings (SSSR count). The lowest BCUT2D eigenvalue weighted by molar-refractivity contribution is -0.140. The molecule has 0 spiro atoms. The minimum Gasteiger partial charge on any atom is -0.494 e.